The lowest BCUT2D eigenvalue weighted by molar-refractivity contribution is 0.412. The van der Waals surface area contributed by atoms with Crippen LogP contribution in [0.5, 0.6) is 0 Å². The molecule has 0 fully saturated rings. The first kappa shape index (κ1) is 16.0. The number of halogens is 2. The van der Waals surface area contributed by atoms with Crippen LogP contribution in [0.3, 0.4) is 0 Å². The Hall–Kier alpha value is -1.83. The van der Waals surface area contributed by atoms with Crippen LogP contribution in [0.2, 0.25) is 0 Å². The molecule has 0 radical (unpaired) electrons. The van der Waals surface area contributed by atoms with Crippen molar-refractivity contribution in [2.75, 3.05) is 0 Å². The van der Waals surface area contributed by atoms with E-state index in [1.165, 1.54) is 23.5 Å². The van der Waals surface area contributed by atoms with E-state index in [2.05, 4.69) is 32.0 Å². The van der Waals surface area contributed by atoms with Gasteiger partial charge in [0.1, 0.15) is 22.3 Å². The number of hydrogen-bond acceptors (Lipinski definition) is 5. The van der Waals surface area contributed by atoms with Crippen LogP contribution in [-0.2, 0) is 13.1 Å². The molecule has 120 valence electrons. The normalized spacial score (nSPS) is 16.7. The Kier molecular flexibility index (Phi) is 4.43. The van der Waals surface area contributed by atoms with E-state index < -0.39 is 0 Å². The molecule has 0 saturated carbocycles. The first-order valence-corrected chi connectivity index (χ1v) is 7.96. The van der Waals surface area contributed by atoms with Gasteiger partial charge in [-0.3, -0.25) is 0 Å². The lowest BCUT2D eigenvalue weighted by Crippen LogP contribution is -2.36. The first-order chi connectivity index (χ1) is 10.7. The summed E-state index contributed by atoms with van der Waals surface area (Å²) in [6.45, 7) is 3.70. The number of thiazole rings is 1. The third-order valence-corrected chi connectivity index (χ3v) is 4.61. The van der Waals surface area contributed by atoms with Crippen LogP contribution in [-0.4, -0.2) is 25.8 Å². The van der Waals surface area contributed by atoms with E-state index in [9.17, 15) is 4.39 Å². The van der Waals surface area contributed by atoms with E-state index in [0.717, 1.165) is 41.0 Å². The van der Waals surface area contributed by atoms with Crippen LogP contribution < -0.4 is 5.32 Å². The van der Waals surface area contributed by atoms with Crippen molar-refractivity contribution in [2.24, 2.45) is 0 Å². The van der Waals surface area contributed by atoms with Crippen LogP contribution in [0.4, 0.5) is 4.39 Å². The van der Waals surface area contributed by atoms with E-state index in [1.807, 2.05) is 5.38 Å². The fourth-order valence-electron chi connectivity index (χ4n) is 2.55. The van der Waals surface area contributed by atoms with Gasteiger partial charge in [-0.2, -0.15) is 0 Å². The molecule has 1 aliphatic rings. The average molecular weight is 352 g/mol. The summed E-state index contributed by atoms with van der Waals surface area (Å²) in [5.74, 6) is 1.49. The molecular weight excluding hydrogens is 337 g/mol. The fourth-order valence-corrected chi connectivity index (χ4v) is 3.36. The minimum atomic E-state index is -0.242. The molecule has 0 saturated heterocycles. The van der Waals surface area contributed by atoms with Crippen molar-refractivity contribution < 1.29 is 4.39 Å². The second-order valence-electron chi connectivity index (χ2n) is 5.38. The van der Waals surface area contributed by atoms with Gasteiger partial charge in [-0.25, -0.2) is 9.37 Å². The molecule has 0 aliphatic carbocycles. The van der Waals surface area contributed by atoms with Gasteiger partial charge in [-0.15, -0.1) is 33.9 Å². The van der Waals surface area contributed by atoms with Crippen LogP contribution in [0.15, 0.2) is 29.6 Å². The Morgan fingerprint density at radius 1 is 1.26 bits per heavy atom. The Bertz CT molecular complexity index is 814. The summed E-state index contributed by atoms with van der Waals surface area (Å²) in [7, 11) is 0. The number of nitrogens with zero attached hydrogens (tertiary/aromatic N) is 4. The molecule has 23 heavy (non-hydrogen) atoms. The van der Waals surface area contributed by atoms with Gasteiger partial charge in [0.15, 0.2) is 5.82 Å². The monoisotopic (exact) mass is 351 g/mol. The van der Waals surface area contributed by atoms with Gasteiger partial charge in [0, 0.05) is 23.5 Å². The molecule has 1 aromatic carbocycles. The van der Waals surface area contributed by atoms with E-state index in [-0.39, 0.29) is 18.2 Å². The summed E-state index contributed by atoms with van der Waals surface area (Å²) in [6.07, 6.45) is 0. The van der Waals surface area contributed by atoms with Crippen LogP contribution in [0, 0.1) is 5.82 Å². The molecule has 0 spiro atoms. The number of rotatable bonds is 2. The predicted molar refractivity (Wildman–Crippen MR) is 90.1 cm³/mol. The summed E-state index contributed by atoms with van der Waals surface area (Å²) >= 11 is 1.53. The standard InChI is InChI=1S/C15H14FN5S.ClH/c1-9-7-21-13(6-17-9)19-20-14(21)12-8-22-15(18-12)10-2-4-11(16)5-3-10;/h2-5,8-9,17H,6-7H2,1H3;1H. The van der Waals surface area contributed by atoms with E-state index in [4.69, 9.17) is 0 Å². The van der Waals surface area contributed by atoms with Gasteiger partial charge < -0.3 is 9.88 Å². The molecule has 3 heterocycles. The highest BCUT2D eigenvalue weighted by Gasteiger charge is 2.21. The molecule has 0 amide bonds. The largest absolute Gasteiger partial charge is 0.307 e. The summed E-state index contributed by atoms with van der Waals surface area (Å²) in [4.78, 5) is 4.64. The molecule has 8 heteroatoms. The maximum Gasteiger partial charge on any atom is 0.183 e. The quantitative estimate of drug-likeness (QED) is 0.770. The zero-order chi connectivity index (χ0) is 15.1. The fraction of sp³-hybridized carbons (Fsp3) is 0.267. The Morgan fingerprint density at radius 2 is 2.04 bits per heavy atom. The third-order valence-electron chi connectivity index (χ3n) is 3.72. The zero-order valence-corrected chi connectivity index (χ0v) is 14.0. The first-order valence-electron chi connectivity index (χ1n) is 7.08. The van der Waals surface area contributed by atoms with Crippen molar-refractivity contribution in [1.82, 2.24) is 25.1 Å². The van der Waals surface area contributed by atoms with Crippen molar-refractivity contribution in [3.8, 4) is 22.1 Å². The van der Waals surface area contributed by atoms with Crippen molar-refractivity contribution in [1.29, 1.82) is 0 Å². The van der Waals surface area contributed by atoms with E-state index in [1.54, 1.807) is 12.1 Å². The average Bonchev–Trinajstić information content (AvgIpc) is 3.14. The number of benzene rings is 1. The summed E-state index contributed by atoms with van der Waals surface area (Å²) in [5, 5.41) is 14.7. The SMILES string of the molecule is CC1Cn2c(nnc2-c2csc(-c3ccc(F)cc3)n2)CN1.Cl. The minimum absolute atomic E-state index is 0. The summed E-state index contributed by atoms with van der Waals surface area (Å²) in [6, 6.07) is 6.76. The maximum absolute atomic E-state index is 13.0. The Balaban J connectivity index is 0.00000156. The van der Waals surface area contributed by atoms with Crippen LogP contribution in [0.1, 0.15) is 12.7 Å². The smallest absolute Gasteiger partial charge is 0.183 e. The van der Waals surface area contributed by atoms with Gasteiger partial charge in [0.25, 0.3) is 0 Å². The second kappa shape index (κ2) is 6.35. The van der Waals surface area contributed by atoms with Gasteiger partial charge in [-0.1, -0.05) is 0 Å². The highest BCUT2D eigenvalue weighted by atomic mass is 35.5. The number of fused-ring (bicyclic) bond motifs is 1. The second-order valence-corrected chi connectivity index (χ2v) is 6.24. The van der Waals surface area contributed by atoms with Gasteiger partial charge in [-0.05, 0) is 31.2 Å². The molecule has 1 unspecified atom stereocenters. The predicted octanol–water partition coefficient (Wildman–Crippen LogP) is 3.12. The van der Waals surface area contributed by atoms with Gasteiger partial charge in [0.2, 0.25) is 0 Å². The number of nitrogens with one attached hydrogen (secondary N) is 1. The van der Waals surface area contributed by atoms with Crippen molar-refractivity contribution in [3.63, 3.8) is 0 Å². The lowest BCUT2D eigenvalue weighted by Gasteiger charge is -2.21. The topological polar surface area (TPSA) is 55.6 Å². The summed E-state index contributed by atoms with van der Waals surface area (Å²) < 4.78 is 15.1. The third kappa shape index (κ3) is 2.99. The van der Waals surface area contributed by atoms with Crippen molar-refractivity contribution in [2.45, 2.75) is 26.1 Å². The van der Waals surface area contributed by atoms with Crippen molar-refractivity contribution >= 4 is 23.7 Å². The lowest BCUT2D eigenvalue weighted by atomic mass is 10.2. The van der Waals surface area contributed by atoms with Crippen molar-refractivity contribution in [3.05, 3.63) is 41.3 Å². The molecule has 1 aliphatic heterocycles. The maximum atomic E-state index is 13.0. The zero-order valence-electron chi connectivity index (χ0n) is 12.4. The summed E-state index contributed by atoms with van der Waals surface area (Å²) in [5.41, 5.74) is 1.73. The molecule has 5 nitrogen and oxygen atoms in total. The highest BCUT2D eigenvalue weighted by molar-refractivity contribution is 7.13. The molecule has 0 bridgehead atoms. The van der Waals surface area contributed by atoms with E-state index >= 15 is 0 Å². The molecule has 2 aromatic heterocycles. The van der Waals surface area contributed by atoms with E-state index in [0.29, 0.717) is 6.04 Å². The van der Waals surface area contributed by atoms with Crippen LogP contribution >= 0.6 is 23.7 Å². The van der Waals surface area contributed by atoms with Gasteiger partial charge >= 0.3 is 0 Å². The molecule has 3 aromatic rings. The van der Waals surface area contributed by atoms with Crippen LogP contribution in [0.25, 0.3) is 22.1 Å². The molecular formula is C15H15ClFN5S. The highest BCUT2D eigenvalue weighted by Crippen LogP contribution is 2.29. The molecule has 1 N–H and O–H groups in total. The minimum Gasteiger partial charge on any atom is -0.307 e. The van der Waals surface area contributed by atoms with Gasteiger partial charge in [0.05, 0.1) is 6.54 Å². The number of hydrogen-bond donors (Lipinski definition) is 1. The molecule has 1 atom stereocenters. The Labute approximate surface area is 143 Å². The molecule has 4 rings (SSSR count). The Morgan fingerprint density at radius 3 is 2.83 bits per heavy atom. The number of aromatic nitrogens is 4.